The molecule has 0 bridgehead atoms. The maximum Gasteiger partial charge on any atom is 0.307 e. The number of hydrogen-bond acceptors (Lipinski definition) is 15. The van der Waals surface area contributed by atoms with Crippen LogP contribution in [0.4, 0.5) is 0 Å². The van der Waals surface area contributed by atoms with Gasteiger partial charge in [0.25, 0.3) is 0 Å². The Bertz CT molecular complexity index is 1340. The molecule has 0 aromatic rings. The Labute approximate surface area is 586 Å². The number of esters is 4. The van der Waals surface area contributed by atoms with E-state index in [1.165, 1.54) is 257 Å². The summed E-state index contributed by atoms with van der Waals surface area (Å²) in [6.45, 7) is 17.1. The summed E-state index contributed by atoms with van der Waals surface area (Å²) < 4.78 is 22.7. The second-order valence-electron chi connectivity index (χ2n) is 26.7. The predicted octanol–water partition coefficient (Wildman–Crippen LogP) is 22.8. The fourth-order valence-corrected chi connectivity index (χ4v) is 15.8. The van der Waals surface area contributed by atoms with Gasteiger partial charge in [-0.15, -0.1) is 0 Å². The van der Waals surface area contributed by atoms with Crippen molar-refractivity contribution >= 4 is 67.1 Å². The number of carbonyl (C=O) groups excluding carboxylic acids is 4. The number of ether oxygens (including phenoxy) is 4. The first-order chi connectivity index (χ1) is 45.2. The van der Waals surface area contributed by atoms with E-state index < -0.39 is 0 Å². The SMILES string of the molecule is CCCCCCCCCCCCCCOC(=O)CCN(CCSSCCN(C)CCSSCCN(CCC(=O)OCCCCCCCCCCCCCC)CCC(=O)OCCCCCCCCCCCCCC)CCC(=O)OCCCCCCCCCCCCCC. The molecule has 0 amide bonds. The van der Waals surface area contributed by atoms with Gasteiger partial charge in [0.2, 0.25) is 0 Å². The topological polar surface area (TPSA) is 115 Å². The Morgan fingerprint density at radius 3 is 0.576 bits per heavy atom. The van der Waals surface area contributed by atoms with Crippen LogP contribution in [-0.2, 0) is 38.1 Å². The van der Waals surface area contributed by atoms with Crippen molar-refractivity contribution in [3.63, 3.8) is 0 Å². The molecule has 11 nitrogen and oxygen atoms in total. The van der Waals surface area contributed by atoms with Crippen molar-refractivity contribution in [2.45, 2.75) is 362 Å². The van der Waals surface area contributed by atoms with Crippen LogP contribution in [0.5, 0.6) is 0 Å². The van der Waals surface area contributed by atoms with Crippen LogP contribution >= 0.6 is 43.2 Å². The van der Waals surface area contributed by atoms with E-state index >= 15 is 0 Å². The van der Waals surface area contributed by atoms with E-state index in [2.05, 4.69) is 49.4 Å². The van der Waals surface area contributed by atoms with Crippen LogP contribution in [0.15, 0.2) is 0 Å². The van der Waals surface area contributed by atoms with E-state index in [-0.39, 0.29) is 23.9 Å². The van der Waals surface area contributed by atoms with Crippen molar-refractivity contribution in [2.24, 2.45) is 0 Å². The third kappa shape index (κ3) is 73.4. The lowest BCUT2D eigenvalue weighted by Gasteiger charge is -2.22. The van der Waals surface area contributed by atoms with Gasteiger partial charge in [0.15, 0.2) is 0 Å². The Hall–Kier alpha value is -0.840. The van der Waals surface area contributed by atoms with Gasteiger partial charge in [-0.1, -0.05) is 353 Å². The summed E-state index contributed by atoms with van der Waals surface area (Å²) in [7, 11) is 9.72. The lowest BCUT2D eigenvalue weighted by Crippen LogP contribution is -2.31. The van der Waals surface area contributed by atoms with E-state index in [4.69, 9.17) is 18.9 Å². The molecule has 546 valence electrons. The molecular weight excluding hydrogens is 1220 g/mol. The zero-order chi connectivity index (χ0) is 66.8. The average molecular weight is 1380 g/mol. The molecule has 0 saturated carbocycles. The quantitative estimate of drug-likeness (QED) is 0.0249. The van der Waals surface area contributed by atoms with Gasteiger partial charge in [-0.25, -0.2) is 0 Å². The van der Waals surface area contributed by atoms with Crippen LogP contribution in [0.25, 0.3) is 0 Å². The first-order valence-corrected chi connectivity index (χ1v) is 44.5. The van der Waals surface area contributed by atoms with Gasteiger partial charge in [-0.05, 0) is 32.7 Å². The molecule has 0 unspecified atom stereocenters. The van der Waals surface area contributed by atoms with Crippen molar-refractivity contribution in [3.05, 3.63) is 0 Å². The van der Waals surface area contributed by atoms with Crippen LogP contribution in [-0.4, -0.2) is 147 Å². The highest BCUT2D eigenvalue weighted by molar-refractivity contribution is 8.77. The molecule has 0 fully saturated rings. The maximum atomic E-state index is 12.8. The molecule has 0 atom stereocenters. The molecule has 0 aliphatic carbocycles. The van der Waals surface area contributed by atoms with Crippen LogP contribution in [0.1, 0.15) is 362 Å². The Morgan fingerprint density at radius 1 is 0.228 bits per heavy atom. The highest BCUT2D eigenvalue weighted by Crippen LogP contribution is 2.24. The zero-order valence-corrected chi connectivity index (χ0v) is 64.6. The largest absolute Gasteiger partial charge is 0.466 e. The predicted molar refractivity (Wildman–Crippen MR) is 407 cm³/mol. The molecule has 0 aliphatic rings. The molecule has 0 radical (unpaired) electrons. The van der Waals surface area contributed by atoms with E-state index in [9.17, 15) is 19.2 Å². The molecule has 0 heterocycles. The highest BCUT2D eigenvalue weighted by Gasteiger charge is 2.15. The molecule has 92 heavy (non-hydrogen) atoms. The fraction of sp³-hybridized carbons (Fsp3) is 0.948. The van der Waals surface area contributed by atoms with Gasteiger partial charge in [-0.2, -0.15) is 0 Å². The minimum atomic E-state index is -0.140. The maximum absolute atomic E-state index is 12.8. The average Bonchev–Trinajstić information content (AvgIpc) is 3.74. The second-order valence-corrected chi connectivity index (χ2v) is 32.1. The normalized spacial score (nSPS) is 11.7. The van der Waals surface area contributed by atoms with E-state index in [0.29, 0.717) is 78.3 Å². The van der Waals surface area contributed by atoms with Gasteiger partial charge in [0, 0.05) is 75.4 Å². The number of unbranched alkanes of at least 4 members (excludes halogenated alkanes) is 44. The van der Waals surface area contributed by atoms with Gasteiger partial charge in [0.05, 0.1) is 52.1 Å². The fourth-order valence-electron chi connectivity index (χ4n) is 11.5. The van der Waals surface area contributed by atoms with Crippen molar-refractivity contribution in [1.82, 2.24) is 14.7 Å². The smallest absolute Gasteiger partial charge is 0.307 e. The molecule has 0 aromatic heterocycles. The van der Waals surface area contributed by atoms with Crippen molar-refractivity contribution in [3.8, 4) is 0 Å². The summed E-state index contributed by atoms with van der Waals surface area (Å²) in [6.07, 6.45) is 62.9. The molecular formula is C77H151N3O8S4. The molecule has 0 rings (SSSR count). The minimum Gasteiger partial charge on any atom is -0.466 e. The van der Waals surface area contributed by atoms with Gasteiger partial charge >= 0.3 is 23.9 Å². The first-order valence-electron chi connectivity index (χ1n) is 39.5. The Balaban J connectivity index is 4.79. The number of carbonyl (C=O) groups is 4. The van der Waals surface area contributed by atoms with Crippen LogP contribution in [0.3, 0.4) is 0 Å². The van der Waals surface area contributed by atoms with Crippen molar-refractivity contribution in [1.29, 1.82) is 0 Å². The third-order valence-electron chi connectivity index (χ3n) is 17.8. The zero-order valence-electron chi connectivity index (χ0n) is 61.3. The molecule has 0 aromatic carbocycles. The summed E-state index contributed by atoms with van der Waals surface area (Å²) in [4.78, 5) is 58.3. The summed E-state index contributed by atoms with van der Waals surface area (Å²) in [5.74, 6) is 3.32. The van der Waals surface area contributed by atoms with E-state index in [0.717, 1.165) is 101 Å². The number of nitrogens with zero attached hydrogens (tertiary/aromatic N) is 3. The monoisotopic (exact) mass is 1370 g/mol. The molecule has 0 spiro atoms. The van der Waals surface area contributed by atoms with Crippen LogP contribution < -0.4 is 0 Å². The lowest BCUT2D eigenvalue weighted by atomic mass is 10.1. The summed E-state index contributed by atoms with van der Waals surface area (Å²) >= 11 is 0. The van der Waals surface area contributed by atoms with Gasteiger partial charge < -0.3 is 33.6 Å². The number of hydrogen-bond donors (Lipinski definition) is 0. The van der Waals surface area contributed by atoms with Crippen LogP contribution in [0.2, 0.25) is 0 Å². The summed E-state index contributed by atoms with van der Waals surface area (Å²) in [6, 6.07) is 0. The van der Waals surface area contributed by atoms with Gasteiger partial charge in [-0.3, -0.25) is 19.2 Å². The second kappa shape index (κ2) is 77.5. The number of rotatable bonds is 78. The third-order valence-corrected chi connectivity index (χ3v) is 22.6. The molecule has 0 N–H and O–H groups in total. The van der Waals surface area contributed by atoms with E-state index in [1.807, 2.05) is 43.2 Å². The molecule has 0 saturated heterocycles. The Kier molecular flexibility index (Phi) is 76.8. The molecule has 15 heteroatoms. The minimum absolute atomic E-state index is 0.140. The standard InChI is InChI=1S/C77H151N3O8S4/c1-6-10-14-18-22-26-30-34-38-42-46-50-66-85-74(81)54-58-79(59-55-75(82)86-67-51-47-43-39-35-31-27-23-19-15-11-7-2)64-72-91-89-70-62-78(5)63-71-90-92-73-65-80(60-56-76(83)87-68-52-48-44-40-36-32-28-24-20-16-12-8-3)61-57-77(84)88-69-53-49-45-41-37-33-29-25-21-17-13-9-4/h6-73H2,1-5H3. The van der Waals surface area contributed by atoms with Crippen molar-refractivity contribution in [2.75, 3.05) is 109 Å². The summed E-state index contributed by atoms with van der Waals surface area (Å²) in [5.41, 5.74) is 0. The highest BCUT2D eigenvalue weighted by atomic mass is 33.1. The van der Waals surface area contributed by atoms with Crippen LogP contribution in [0, 0.1) is 0 Å². The van der Waals surface area contributed by atoms with E-state index in [1.54, 1.807) is 0 Å². The molecule has 0 aliphatic heterocycles. The lowest BCUT2D eigenvalue weighted by molar-refractivity contribution is -0.146. The Morgan fingerprint density at radius 2 is 0.391 bits per heavy atom. The first kappa shape index (κ1) is 91.2. The van der Waals surface area contributed by atoms with Crippen molar-refractivity contribution < 1.29 is 38.1 Å². The van der Waals surface area contributed by atoms with Gasteiger partial charge in [0.1, 0.15) is 0 Å². The summed E-state index contributed by atoms with van der Waals surface area (Å²) in [5, 5.41) is 0.